The van der Waals surface area contributed by atoms with Gasteiger partial charge in [-0.3, -0.25) is 10.1 Å². The number of nitrogens with zero attached hydrogens (tertiary/aromatic N) is 3. The van der Waals surface area contributed by atoms with Gasteiger partial charge in [-0.05, 0) is 18.2 Å². The van der Waals surface area contributed by atoms with E-state index in [2.05, 4.69) is 0 Å². The van der Waals surface area contributed by atoms with Gasteiger partial charge in [-0.2, -0.15) is 17.5 Å². The number of nitro groups is 1. The quantitative estimate of drug-likeness (QED) is 0.525. The smallest absolute Gasteiger partial charge is 0.367 e. The highest BCUT2D eigenvalue weighted by Crippen LogP contribution is 2.37. The molecule has 1 fully saturated rings. The van der Waals surface area contributed by atoms with E-state index in [1.54, 1.807) is 18.2 Å². The van der Waals surface area contributed by atoms with Gasteiger partial charge in [0.25, 0.3) is 15.7 Å². The molecule has 1 unspecified atom stereocenters. The molecule has 0 saturated carbocycles. The Morgan fingerprint density at radius 1 is 1.07 bits per heavy atom. The molecule has 0 amide bonds. The van der Waals surface area contributed by atoms with E-state index in [4.69, 9.17) is 11.6 Å². The van der Waals surface area contributed by atoms with E-state index in [9.17, 15) is 31.7 Å². The third-order valence-corrected chi connectivity index (χ3v) is 6.83. The number of piperazine rings is 1. The molecule has 1 heterocycles. The van der Waals surface area contributed by atoms with Crippen molar-refractivity contribution in [2.24, 2.45) is 0 Å². The maximum atomic E-state index is 13.8. The second-order valence-electron chi connectivity index (χ2n) is 6.30. The summed E-state index contributed by atoms with van der Waals surface area (Å²) < 4.78 is 67.6. The van der Waals surface area contributed by atoms with Crippen LogP contribution in [0, 0.1) is 10.1 Å². The molecule has 3 rings (SSSR count). The molecule has 156 valence electrons. The Morgan fingerprint density at radius 3 is 2.31 bits per heavy atom. The number of hydrogen-bond donors (Lipinski definition) is 0. The molecular formula is C17H15ClF3N3O4S. The number of anilines is 1. The lowest BCUT2D eigenvalue weighted by atomic mass is 10.1. The lowest BCUT2D eigenvalue weighted by Crippen LogP contribution is -2.60. The third kappa shape index (κ3) is 4.16. The first-order chi connectivity index (χ1) is 13.5. The van der Waals surface area contributed by atoms with Gasteiger partial charge < -0.3 is 4.90 Å². The van der Waals surface area contributed by atoms with Gasteiger partial charge in [0, 0.05) is 25.7 Å². The van der Waals surface area contributed by atoms with Gasteiger partial charge >= 0.3 is 6.18 Å². The Kier molecular flexibility index (Phi) is 5.74. The molecule has 1 aliphatic heterocycles. The highest BCUT2D eigenvalue weighted by Gasteiger charge is 2.52. The number of rotatable bonds is 4. The summed E-state index contributed by atoms with van der Waals surface area (Å²) in [6, 6.07) is 8.25. The fraction of sp³-hybridized carbons (Fsp3) is 0.294. The van der Waals surface area contributed by atoms with Crippen LogP contribution in [0.15, 0.2) is 53.4 Å². The van der Waals surface area contributed by atoms with Crippen LogP contribution in [0.3, 0.4) is 0 Å². The SMILES string of the molecule is O=[N+]([O-])c1ccccc1S(=O)(=O)N1CCN(c2ccccc2Cl)CC1C(F)(F)F. The van der Waals surface area contributed by atoms with E-state index in [0.717, 1.165) is 12.1 Å². The minimum absolute atomic E-state index is 0.0594. The lowest BCUT2D eigenvalue weighted by molar-refractivity contribution is -0.387. The number of alkyl halides is 3. The van der Waals surface area contributed by atoms with Crippen LogP contribution in [-0.2, 0) is 10.0 Å². The van der Waals surface area contributed by atoms with E-state index in [0.29, 0.717) is 5.69 Å². The zero-order chi connectivity index (χ0) is 21.4. The number of sulfonamides is 1. The molecule has 0 bridgehead atoms. The molecule has 0 N–H and O–H groups in total. The zero-order valence-corrected chi connectivity index (χ0v) is 16.3. The van der Waals surface area contributed by atoms with E-state index in [-0.39, 0.29) is 15.9 Å². The van der Waals surface area contributed by atoms with E-state index >= 15 is 0 Å². The molecule has 12 heteroatoms. The van der Waals surface area contributed by atoms with Gasteiger partial charge in [0.1, 0.15) is 6.04 Å². The Morgan fingerprint density at radius 2 is 1.69 bits per heavy atom. The van der Waals surface area contributed by atoms with Crippen molar-refractivity contribution in [2.75, 3.05) is 24.5 Å². The number of hydrogen-bond acceptors (Lipinski definition) is 5. The van der Waals surface area contributed by atoms with E-state index in [1.165, 1.54) is 23.1 Å². The van der Waals surface area contributed by atoms with Gasteiger partial charge in [-0.15, -0.1) is 0 Å². The topological polar surface area (TPSA) is 83.8 Å². The average molecular weight is 450 g/mol. The summed E-state index contributed by atoms with van der Waals surface area (Å²) in [6.07, 6.45) is -4.89. The van der Waals surface area contributed by atoms with Gasteiger partial charge in [-0.1, -0.05) is 35.9 Å². The van der Waals surface area contributed by atoms with Crippen molar-refractivity contribution in [3.8, 4) is 0 Å². The first-order valence-corrected chi connectivity index (χ1v) is 10.2. The monoisotopic (exact) mass is 449 g/mol. The Labute approximate surface area is 169 Å². The molecule has 1 atom stereocenters. The first-order valence-electron chi connectivity index (χ1n) is 8.35. The molecule has 1 aliphatic rings. The maximum Gasteiger partial charge on any atom is 0.406 e. The van der Waals surface area contributed by atoms with Crippen molar-refractivity contribution >= 4 is 33.0 Å². The van der Waals surface area contributed by atoms with Gasteiger partial charge in [0.2, 0.25) is 0 Å². The average Bonchev–Trinajstić information content (AvgIpc) is 2.67. The van der Waals surface area contributed by atoms with Crippen LogP contribution < -0.4 is 4.90 Å². The number of halogens is 4. The van der Waals surface area contributed by atoms with Crippen molar-refractivity contribution < 1.29 is 26.5 Å². The summed E-state index contributed by atoms with van der Waals surface area (Å²) in [5.41, 5.74) is -0.423. The van der Waals surface area contributed by atoms with Crippen LogP contribution in [0.2, 0.25) is 5.02 Å². The molecule has 1 saturated heterocycles. The predicted octanol–water partition coefficient (Wildman–Crippen LogP) is 3.69. The molecule has 7 nitrogen and oxygen atoms in total. The van der Waals surface area contributed by atoms with Crippen molar-refractivity contribution in [3.63, 3.8) is 0 Å². The Balaban J connectivity index is 2.02. The fourth-order valence-electron chi connectivity index (χ4n) is 3.20. The minimum atomic E-state index is -4.89. The summed E-state index contributed by atoms with van der Waals surface area (Å²) in [5.74, 6) is 0. The summed E-state index contributed by atoms with van der Waals surface area (Å²) in [5, 5.41) is 11.4. The van der Waals surface area contributed by atoms with Crippen molar-refractivity contribution in [1.29, 1.82) is 0 Å². The van der Waals surface area contributed by atoms with Crippen LogP contribution >= 0.6 is 11.6 Å². The summed E-state index contributed by atoms with van der Waals surface area (Å²) in [4.78, 5) is 10.8. The highest BCUT2D eigenvalue weighted by molar-refractivity contribution is 7.89. The number of benzene rings is 2. The molecule has 0 aliphatic carbocycles. The molecule has 2 aromatic rings. The summed E-state index contributed by atoms with van der Waals surface area (Å²) in [7, 11) is -4.77. The van der Waals surface area contributed by atoms with Crippen LogP contribution in [0.5, 0.6) is 0 Å². The summed E-state index contributed by atoms with van der Waals surface area (Å²) in [6.45, 7) is -1.26. The molecule has 2 aromatic carbocycles. The molecule has 29 heavy (non-hydrogen) atoms. The normalized spacial score (nSPS) is 18.6. The van der Waals surface area contributed by atoms with Crippen LogP contribution in [0.4, 0.5) is 24.5 Å². The Hall–Kier alpha value is -2.37. The van der Waals surface area contributed by atoms with Crippen LogP contribution in [-0.4, -0.2) is 49.5 Å². The fourth-order valence-corrected chi connectivity index (χ4v) is 5.21. The van der Waals surface area contributed by atoms with Crippen molar-refractivity contribution in [3.05, 3.63) is 63.7 Å². The Bertz CT molecular complexity index is 1030. The molecular weight excluding hydrogens is 435 g/mol. The van der Waals surface area contributed by atoms with Gasteiger partial charge in [0.15, 0.2) is 4.90 Å². The second kappa shape index (κ2) is 7.81. The standard InChI is InChI=1S/C17H15ClF3N3O4S/c18-12-5-1-2-6-13(12)22-9-10-23(16(11-22)17(19,20)21)29(27,28)15-8-4-3-7-14(15)24(25)26/h1-8,16H,9-11H2. The minimum Gasteiger partial charge on any atom is -0.367 e. The zero-order valence-electron chi connectivity index (χ0n) is 14.7. The van der Waals surface area contributed by atoms with Crippen LogP contribution in [0.1, 0.15) is 0 Å². The number of nitro benzene ring substituents is 1. The van der Waals surface area contributed by atoms with E-state index < -0.39 is 50.8 Å². The van der Waals surface area contributed by atoms with Crippen LogP contribution in [0.25, 0.3) is 0 Å². The first kappa shape index (κ1) is 21.3. The molecule has 0 spiro atoms. The predicted molar refractivity (Wildman–Crippen MR) is 100 cm³/mol. The molecule has 0 radical (unpaired) electrons. The second-order valence-corrected chi connectivity index (χ2v) is 8.56. The number of para-hydroxylation sites is 2. The van der Waals surface area contributed by atoms with Crippen molar-refractivity contribution in [2.45, 2.75) is 17.1 Å². The maximum absolute atomic E-state index is 13.8. The molecule has 0 aromatic heterocycles. The third-order valence-electron chi connectivity index (χ3n) is 4.55. The lowest BCUT2D eigenvalue weighted by Gasteiger charge is -2.42. The summed E-state index contributed by atoms with van der Waals surface area (Å²) >= 11 is 6.07. The van der Waals surface area contributed by atoms with E-state index in [1.807, 2.05) is 0 Å². The largest absolute Gasteiger partial charge is 0.406 e. The van der Waals surface area contributed by atoms with Crippen molar-refractivity contribution in [1.82, 2.24) is 4.31 Å². The highest BCUT2D eigenvalue weighted by atomic mass is 35.5. The van der Waals surface area contributed by atoms with Gasteiger partial charge in [0.05, 0.1) is 15.6 Å². The van der Waals surface area contributed by atoms with Gasteiger partial charge in [-0.25, -0.2) is 8.42 Å².